The molecule has 4 heterocycles. The number of aromatic nitrogens is 1. The zero-order chi connectivity index (χ0) is 37.2. The largest absolute Gasteiger partial charge is 0.497 e. The molecule has 2 aliphatic carbocycles. The van der Waals surface area contributed by atoms with E-state index in [1.54, 1.807) is 13.2 Å². The predicted octanol–water partition coefficient (Wildman–Crippen LogP) is 5.71. The molecule has 2 saturated carbocycles. The van der Waals surface area contributed by atoms with Gasteiger partial charge >= 0.3 is 10.2 Å². The summed E-state index contributed by atoms with van der Waals surface area (Å²) in [7, 11) is 0.424. The van der Waals surface area contributed by atoms with Crippen LogP contribution >= 0.6 is 0 Å². The molecular formula is C40H49N5O7S. The highest BCUT2D eigenvalue weighted by molar-refractivity contribution is 7.87. The Hall–Kier alpha value is -4.20. The third-order valence-corrected chi connectivity index (χ3v) is 13.0. The number of methoxy groups -OCH3 is 1. The summed E-state index contributed by atoms with van der Waals surface area (Å²) in [6.07, 6.45) is 9.37. The Bertz CT molecular complexity index is 2120. The number of ether oxygens (including phenoxy) is 2. The third kappa shape index (κ3) is 6.65. The summed E-state index contributed by atoms with van der Waals surface area (Å²) < 4.78 is 42.5. The van der Waals surface area contributed by atoms with Crippen molar-refractivity contribution >= 4 is 44.7 Å². The van der Waals surface area contributed by atoms with Crippen LogP contribution in [0.15, 0.2) is 47.1 Å². The fraction of sp³-hybridized carbons (Fsp3) is 0.525. The van der Waals surface area contributed by atoms with Gasteiger partial charge in [0.05, 0.1) is 30.9 Å². The average Bonchev–Trinajstić information content (AvgIpc) is 3.84. The standard InChI is InChI=1S/C40H49N5O7S/c1-23-20-44(21-24(2)51-23)40(47)36-35(38(52-41-36)26-11-12-26)29-17-28-18-30(50-5)14-16-31(28)37-34(25-9-7-6-8-10-25)32-15-13-27(19-33(32)45(37)22-29)39(46)42-53(48,49)43(3)4/h13-19,23-26,35,38H,6-12,20-22H2,1-5H3,(H,42,46). The number of rotatable bonds is 8. The van der Waals surface area contributed by atoms with Crippen LogP contribution in [0.2, 0.25) is 0 Å². The number of nitrogens with one attached hydrogen (secondary N) is 1. The fourth-order valence-electron chi connectivity index (χ4n) is 8.90. The van der Waals surface area contributed by atoms with E-state index in [1.165, 1.54) is 26.1 Å². The second-order valence-corrected chi connectivity index (χ2v) is 17.5. The summed E-state index contributed by atoms with van der Waals surface area (Å²) >= 11 is 0. The minimum atomic E-state index is -4.00. The molecule has 8 rings (SSSR count). The zero-order valence-electron chi connectivity index (χ0n) is 31.1. The second-order valence-electron chi connectivity index (χ2n) is 15.6. The molecule has 2 amide bonds. The molecular weight excluding hydrogens is 695 g/mol. The lowest BCUT2D eigenvalue weighted by Crippen LogP contribution is -2.51. The molecule has 1 N–H and O–H groups in total. The molecule has 5 aliphatic rings. The van der Waals surface area contributed by atoms with Crippen LogP contribution in [0, 0.1) is 11.8 Å². The van der Waals surface area contributed by atoms with E-state index in [4.69, 9.17) is 14.3 Å². The van der Waals surface area contributed by atoms with E-state index in [2.05, 4.69) is 32.7 Å². The summed E-state index contributed by atoms with van der Waals surface area (Å²) in [6, 6.07) is 11.7. The van der Waals surface area contributed by atoms with Crippen molar-refractivity contribution in [1.82, 2.24) is 18.5 Å². The molecule has 12 nitrogen and oxygen atoms in total. The summed E-state index contributed by atoms with van der Waals surface area (Å²) in [6.45, 7) is 5.36. The molecule has 2 aromatic carbocycles. The zero-order valence-corrected chi connectivity index (χ0v) is 31.9. The smallest absolute Gasteiger partial charge is 0.303 e. The number of oxime groups is 1. The normalized spacial score (nSPS) is 24.9. The lowest BCUT2D eigenvalue weighted by Gasteiger charge is -2.35. The van der Waals surface area contributed by atoms with Gasteiger partial charge in [-0.2, -0.15) is 12.7 Å². The van der Waals surface area contributed by atoms with Crippen molar-refractivity contribution in [3.63, 3.8) is 0 Å². The highest BCUT2D eigenvalue weighted by Gasteiger charge is 2.50. The summed E-state index contributed by atoms with van der Waals surface area (Å²) in [5, 5.41) is 5.61. The number of hydrogen-bond donors (Lipinski definition) is 1. The highest BCUT2D eigenvalue weighted by Crippen LogP contribution is 2.50. The van der Waals surface area contributed by atoms with Gasteiger partial charge in [-0.15, -0.1) is 0 Å². The quantitative estimate of drug-likeness (QED) is 0.313. The number of carbonyl (C=O) groups excluding carboxylic acids is 2. The number of benzene rings is 2. The first kappa shape index (κ1) is 35.8. The van der Waals surface area contributed by atoms with E-state index in [9.17, 15) is 18.0 Å². The second kappa shape index (κ2) is 13.9. The van der Waals surface area contributed by atoms with Gasteiger partial charge in [0.15, 0.2) is 5.71 Å². The topological polar surface area (TPSA) is 132 Å². The van der Waals surface area contributed by atoms with E-state index < -0.39 is 16.1 Å². The molecule has 3 aromatic rings. The number of fused-ring (bicyclic) bond motifs is 5. The summed E-state index contributed by atoms with van der Waals surface area (Å²) in [4.78, 5) is 36.0. The maximum absolute atomic E-state index is 14.4. The molecule has 53 heavy (non-hydrogen) atoms. The van der Waals surface area contributed by atoms with Crippen LogP contribution in [0.5, 0.6) is 5.75 Å². The lowest BCUT2D eigenvalue weighted by molar-refractivity contribution is -0.136. The van der Waals surface area contributed by atoms with E-state index in [1.807, 2.05) is 36.9 Å². The molecule has 0 radical (unpaired) electrons. The maximum Gasteiger partial charge on any atom is 0.303 e. The van der Waals surface area contributed by atoms with Gasteiger partial charge in [0.25, 0.3) is 11.8 Å². The van der Waals surface area contributed by atoms with Crippen molar-refractivity contribution in [3.05, 3.63) is 58.7 Å². The van der Waals surface area contributed by atoms with Crippen LogP contribution in [0.4, 0.5) is 0 Å². The van der Waals surface area contributed by atoms with E-state index in [0.717, 1.165) is 81.9 Å². The van der Waals surface area contributed by atoms with Gasteiger partial charge in [-0.25, -0.2) is 4.72 Å². The number of morpholine rings is 1. The Labute approximate surface area is 311 Å². The van der Waals surface area contributed by atoms with Crippen LogP contribution in [-0.2, 0) is 31.1 Å². The first-order valence-corrected chi connectivity index (χ1v) is 20.4. The minimum absolute atomic E-state index is 0.0918. The van der Waals surface area contributed by atoms with Crippen LogP contribution in [0.1, 0.15) is 86.2 Å². The van der Waals surface area contributed by atoms with Crippen molar-refractivity contribution in [1.29, 1.82) is 0 Å². The average molecular weight is 744 g/mol. The van der Waals surface area contributed by atoms with Gasteiger partial charge in [-0.05, 0) is 98.4 Å². The maximum atomic E-state index is 14.4. The van der Waals surface area contributed by atoms with Gasteiger partial charge in [0, 0.05) is 55.8 Å². The van der Waals surface area contributed by atoms with Gasteiger partial charge in [-0.1, -0.05) is 36.6 Å². The monoisotopic (exact) mass is 743 g/mol. The third-order valence-electron chi connectivity index (χ3n) is 11.6. The first-order chi connectivity index (χ1) is 25.4. The fourth-order valence-corrected chi connectivity index (χ4v) is 9.44. The van der Waals surface area contributed by atoms with Crippen molar-refractivity contribution in [2.75, 3.05) is 34.3 Å². The van der Waals surface area contributed by atoms with Crippen LogP contribution < -0.4 is 9.46 Å². The molecule has 0 bridgehead atoms. The number of nitrogens with zero attached hydrogens (tertiary/aromatic N) is 4. The molecule has 4 unspecified atom stereocenters. The lowest BCUT2D eigenvalue weighted by atomic mass is 9.81. The van der Waals surface area contributed by atoms with E-state index in [0.29, 0.717) is 31.3 Å². The van der Waals surface area contributed by atoms with Crippen LogP contribution in [0.3, 0.4) is 0 Å². The van der Waals surface area contributed by atoms with Crippen molar-refractivity contribution in [2.45, 2.75) is 89.6 Å². The van der Waals surface area contributed by atoms with Crippen LogP contribution in [0.25, 0.3) is 28.2 Å². The van der Waals surface area contributed by atoms with E-state index in [-0.39, 0.29) is 41.6 Å². The SMILES string of the molecule is COc1ccc2c(c1)C=C(C1C(C(=O)N3CC(C)OC(C)C3)=NOC1C1CC1)Cn1c-2c(C2CCCCC2)c2ccc(C(=O)NS(=O)(=O)N(C)C)cc21. The number of hydrogen-bond acceptors (Lipinski definition) is 8. The summed E-state index contributed by atoms with van der Waals surface area (Å²) in [5.41, 5.74) is 6.85. The van der Waals surface area contributed by atoms with E-state index >= 15 is 0 Å². The summed E-state index contributed by atoms with van der Waals surface area (Å²) in [5.74, 6) is 0.117. The molecule has 3 aliphatic heterocycles. The number of carbonyl (C=O) groups is 2. The Morgan fingerprint density at radius 2 is 1.72 bits per heavy atom. The Kier molecular flexibility index (Phi) is 9.39. The predicted molar refractivity (Wildman–Crippen MR) is 203 cm³/mol. The molecule has 3 fully saturated rings. The van der Waals surface area contributed by atoms with Gasteiger partial charge in [0.2, 0.25) is 0 Å². The van der Waals surface area contributed by atoms with Crippen molar-refractivity contribution < 1.29 is 32.3 Å². The van der Waals surface area contributed by atoms with Crippen molar-refractivity contribution in [3.8, 4) is 17.0 Å². The van der Waals surface area contributed by atoms with Gasteiger partial charge in [0.1, 0.15) is 11.9 Å². The Morgan fingerprint density at radius 1 is 0.981 bits per heavy atom. The van der Waals surface area contributed by atoms with Crippen molar-refractivity contribution in [2.24, 2.45) is 17.0 Å². The van der Waals surface area contributed by atoms with Crippen LogP contribution in [-0.4, -0.2) is 92.3 Å². The molecule has 0 spiro atoms. The van der Waals surface area contributed by atoms with Gasteiger partial charge < -0.3 is 23.8 Å². The Morgan fingerprint density at radius 3 is 2.40 bits per heavy atom. The highest BCUT2D eigenvalue weighted by atomic mass is 32.2. The number of amides is 2. The minimum Gasteiger partial charge on any atom is -0.497 e. The molecule has 4 atom stereocenters. The van der Waals surface area contributed by atoms with Gasteiger partial charge in [-0.3, -0.25) is 9.59 Å². The first-order valence-electron chi connectivity index (χ1n) is 18.9. The molecule has 1 saturated heterocycles. The molecule has 13 heteroatoms. The molecule has 282 valence electrons. The Balaban J connectivity index is 1.30. The molecule has 1 aromatic heterocycles.